The van der Waals surface area contributed by atoms with E-state index in [4.69, 9.17) is 4.52 Å². The number of nitrogens with one attached hydrogen (secondary N) is 2. The lowest BCUT2D eigenvalue weighted by Crippen LogP contribution is -2.37. The van der Waals surface area contributed by atoms with Gasteiger partial charge in [0, 0.05) is 45.2 Å². The van der Waals surface area contributed by atoms with E-state index in [1.165, 1.54) is 37.1 Å². The molecule has 1 aliphatic rings. The fourth-order valence-corrected chi connectivity index (χ4v) is 4.26. The van der Waals surface area contributed by atoms with Crippen LogP contribution in [0.15, 0.2) is 33.8 Å². The van der Waals surface area contributed by atoms with Crippen LogP contribution in [-0.2, 0) is 32.5 Å². The maximum absolute atomic E-state index is 5.47. The molecule has 0 amide bonds. The lowest BCUT2D eigenvalue weighted by atomic mass is 9.99. The van der Waals surface area contributed by atoms with Crippen LogP contribution in [-0.4, -0.2) is 36.2 Å². The molecule has 0 bridgehead atoms. The zero-order valence-electron chi connectivity index (χ0n) is 19.4. The van der Waals surface area contributed by atoms with Gasteiger partial charge in [-0.05, 0) is 42.9 Å². The van der Waals surface area contributed by atoms with Gasteiger partial charge in [0.25, 0.3) is 0 Å². The summed E-state index contributed by atoms with van der Waals surface area (Å²) in [6.07, 6.45) is 4.38. The molecule has 2 N–H and O–H groups in total. The smallest absolute Gasteiger partial charge is 0.191 e. The minimum Gasteiger partial charge on any atom is -0.361 e. The summed E-state index contributed by atoms with van der Waals surface area (Å²) in [5.74, 6) is 2.54. The van der Waals surface area contributed by atoms with Gasteiger partial charge in [-0.3, -0.25) is 9.89 Å². The third-order valence-electron chi connectivity index (χ3n) is 5.96. The lowest BCUT2D eigenvalue weighted by molar-refractivity contribution is 0.176. The third-order valence-corrected chi connectivity index (χ3v) is 5.96. The van der Waals surface area contributed by atoms with Gasteiger partial charge in [-0.15, -0.1) is 24.0 Å². The van der Waals surface area contributed by atoms with Gasteiger partial charge >= 0.3 is 0 Å². The van der Waals surface area contributed by atoms with Crippen LogP contribution in [0.1, 0.15) is 61.8 Å². The number of hydrogen-bond donors (Lipinski definition) is 2. The number of rotatable bonds is 8. The average Bonchev–Trinajstić information content (AvgIpc) is 3.17. The van der Waals surface area contributed by atoms with Crippen LogP contribution in [0.3, 0.4) is 0 Å². The van der Waals surface area contributed by atoms with Crippen molar-refractivity contribution in [1.29, 1.82) is 0 Å². The summed E-state index contributed by atoms with van der Waals surface area (Å²) >= 11 is 0. The number of hydrogen-bond acceptors (Lipinski definition) is 4. The van der Waals surface area contributed by atoms with Crippen LogP contribution in [0.25, 0.3) is 0 Å². The van der Waals surface area contributed by atoms with E-state index in [0.717, 1.165) is 54.8 Å². The first-order valence-corrected chi connectivity index (χ1v) is 11.3. The molecule has 1 atom stereocenters. The third kappa shape index (κ3) is 7.20. The molecular weight excluding hydrogens is 501 g/mol. The number of nitrogens with zero attached hydrogens (tertiary/aromatic N) is 3. The van der Waals surface area contributed by atoms with Gasteiger partial charge in [0.2, 0.25) is 0 Å². The second-order valence-electron chi connectivity index (χ2n) is 8.27. The summed E-state index contributed by atoms with van der Waals surface area (Å²) in [5, 5.41) is 11.1. The van der Waals surface area contributed by atoms with Gasteiger partial charge in [0.05, 0.1) is 5.69 Å². The predicted octanol–water partition coefficient (Wildman–Crippen LogP) is 4.51. The van der Waals surface area contributed by atoms with Crippen LogP contribution in [0.2, 0.25) is 0 Å². The molecule has 1 aromatic heterocycles. The average molecular weight is 540 g/mol. The van der Waals surface area contributed by atoms with Gasteiger partial charge < -0.3 is 15.2 Å². The Hall–Kier alpha value is -1.61. The van der Waals surface area contributed by atoms with Crippen LogP contribution in [0.5, 0.6) is 0 Å². The highest BCUT2D eigenvalue weighted by Crippen LogP contribution is 2.19. The molecule has 1 unspecified atom stereocenters. The molecule has 2 heterocycles. The predicted molar refractivity (Wildman–Crippen MR) is 138 cm³/mol. The Morgan fingerprint density at radius 3 is 2.58 bits per heavy atom. The normalized spacial score (nSPS) is 17.3. The highest BCUT2D eigenvalue weighted by Gasteiger charge is 2.17. The van der Waals surface area contributed by atoms with Crippen molar-refractivity contribution in [1.82, 2.24) is 20.7 Å². The second kappa shape index (κ2) is 13.1. The summed E-state index contributed by atoms with van der Waals surface area (Å²) in [4.78, 5) is 6.99. The van der Waals surface area contributed by atoms with E-state index >= 15 is 0 Å². The summed E-state index contributed by atoms with van der Waals surface area (Å²) in [7, 11) is 1.81. The molecule has 0 spiro atoms. The van der Waals surface area contributed by atoms with Crippen LogP contribution in [0, 0.1) is 5.92 Å². The van der Waals surface area contributed by atoms with Gasteiger partial charge in [-0.25, -0.2) is 0 Å². The van der Waals surface area contributed by atoms with Crippen molar-refractivity contribution in [2.24, 2.45) is 10.9 Å². The Kier molecular flexibility index (Phi) is 10.8. The number of aromatic nitrogens is 1. The van der Waals surface area contributed by atoms with E-state index in [1.54, 1.807) is 0 Å². The van der Waals surface area contributed by atoms with E-state index in [2.05, 4.69) is 70.7 Å². The molecule has 0 radical (unpaired) electrons. The maximum Gasteiger partial charge on any atom is 0.191 e. The first kappa shape index (κ1) is 25.6. The van der Waals surface area contributed by atoms with Crippen molar-refractivity contribution in [3.63, 3.8) is 0 Å². The van der Waals surface area contributed by atoms with Crippen molar-refractivity contribution in [2.45, 2.75) is 66.1 Å². The van der Waals surface area contributed by atoms with Crippen molar-refractivity contribution in [3.05, 3.63) is 52.4 Å². The van der Waals surface area contributed by atoms with Crippen LogP contribution in [0.4, 0.5) is 0 Å². The van der Waals surface area contributed by atoms with Crippen molar-refractivity contribution in [2.75, 3.05) is 20.1 Å². The number of aliphatic imine (C=N–C) groups is 1. The highest BCUT2D eigenvalue weighted by atomic mass is 127. The van der Waals surface area contributed by atoms with E-state index in [0.29, 0.717) is 6.54 Å². The molecule has 0 saturated carbocycles. The Morgan fingerprint density at radius 1 is 1.16 bits per heavy atom. The van der Waals surface area contributed by atoms with Crippen molar-refractivity contribution in [3.8, 4) is 0 Å². The molecule has 3 rings (SSSR count). The molecule has 172 valence electrons. The fraction of sp³-hybridized carbons (Fsp3) is 0.583. The minimum atomic E-state index is 0. The van der Waals surface area contributed by atoms with Crippen LogP contribution < -0.4 is 10.6 Å². The molecular formula is C24H38IN5O. The summed E-state index contributed by atoms with van der Waals surface area (Å²) in [6, 6.07) is 8.73. The summed E-state index contributed by atoms with van der Waals surface area (Å²) < 4.78 is 5.47. The topological polar surface area (TPSA) is 65.7 Å². The summed E-state index contributed by atoms with van der Waals surface area (Å²) in [6.45, 7) is 11.4. The Bertz CT molecular complexity index is 814. The number of likely N-dealkylation sites (tertiary alicyclic amines) is 1. The van der Waals surface area contributed by atoms with Gasteiger partial charge in [0.15, 0.2) is 5.96 Å². The summed E-state index contributed by atoms with van der Waals surface area (Å²) in [5.41, 5.74) is 4.90. The Balaban J connectivity index is 0.00000341. The number of benzene rings is 1. The number of guanidine groups is 1. The molecule has 7 heteroatoms. The first-order valence-electron chi connectivity index (χ1n) is 11.3. The molecule has 0 aliphatic carbocycles. The molecule has 6 nitrogen and oxygen atoms in total. The molecule has 1 aromatic carbocycles. The highest BCUT2D eigenvalue weighted by molar-refractivity contribution is 14.0. The minimum absolute atomic E-state index is 0. The number of halogens is 1. The molecule has 1 fully saturated rings. The van der Waals surface area contributed by atoms with Gasteiger partial charge in [0.1, 0.15) is 5.76 Å². The molecule has 1 saturated heterocycles. The SMILES string of the molecule is CCc1noc(CC)c1CNC(=NC)NCc1ccccc1CN1CCCC(C)C1.I. The van der Waals surface area contributed by atoms with E-state index in [9.17, 15) is 0 Å². The first-order chi connectivity index (χ1) is 14.6. The van der Waals surface area contributed by atoms with Crippen molar-refractivity contribution >= 4 is 29.9 Å². The standard InChI is InChI=1S/C24H37N5O.HI/c1-5-22-21(23(6-2)30-28-22)15-27-24(25-4)26-14-19-11-7-8-12-20(19)17-29-13-9-10-18(3)16-29;/h7-8,11-12,18H,5-6,9-10,13-17H2,1-4H3,(H2,25,26,27);1H. The lowest BCUT2D eigenvalue weighted by Gasteiger charge is -2.31. The maximum atomic E-state index is 5.47. The monoisotopic (exact) mass is 539 g/mol. The molecule has 1 aliphatic heterocycles. The largest absolute Gasteiger partial charge is 0.361 e. The Labute approximate surface area is 204 Å². The molecule has 2 aromatic rings. The number of piperidine rings is 1. The van der Waals surface area contributed by atoms with Crippen LogP contribution >= 0.6 is 24.0 Å². The zero-order chi connectivity index (χ0) is 21.3. The van der Waals surface area contributed by atoms with E-state index in [-0.39, 0.29) is 24.0 Å². The van der Waals surface area contributed by atoms with E-state index < -0.39 is 0 Å². The van der Waals surface area contributed by atoms with Crippen molar-refractivity contribution < 1.29 is 4.52 Å². The molecule has 31 heavy (non-hydrogen) atoms. The van der Waals surface area contributed by atoms with Gasteiger partial charge in [-0.1, -0.05) is 50.2 Å². The Morgan fingerprint density at radius 2 is 1.90 bits per heavy atom. The van der Waals surface area contributed by atoms with E-state index in [1.807, 2.05) is 7.05 Å². The zero-order valence-corrected chi connectivity index (χ0v) is 21.7. The quantitative estimate of drug-likeness (QED) is 0.294. The fourth-order valence-electron chi connectivity index (χ4n) is 4.26. The number of aryl methyl sites for hydroxylation is 2. The second-order valence-corrected chi connectivity index (χ2v) is 8.27. The van der Waals surface area contributed by atoms with Gasteiger partial charge in [-0.2, -0.15) is 0 Å².